The molecule has 0 aromatic carbocycles. The SMILES string of the molecule is C[Si](C)(C)Cn1nnc(-c2ccccn2)c1Cl. The van der Waals surface area contributed by atoms with Gasteiger partial charge in [0.15, 0.2) is 5.15 Å². The van der Waals surface area contributed by atoms with E-state index in [1.54, 1.807) is 10.9 Å². The number of aromatic nitrogens is 4. The molecular formula is C11H15ClN4Si. The molecule has 0 aliphatic heterocycles. The normalized spacial score (nSPS) is 11.8. The lowest BCUT2D eigenvalue weighted by atomic mass is 10.3. The molecule has 2 aromatic heterocycles. The lowest BCUT2D eigenvalue weighted by molar-refractivity contribution is 0.682. The highest BCUT2D eigenvalue weighted by Gasteiger charge is 2.19. The van der Waals surface area contributed by atoms with Crippen molar-refractivity contribution in [2.24, 2.45) is 0 Å². The number of nitrogens with zero attached hydrogens (tertiary/aromatic N) is 4. The standard InChI is InChI=1S/C11H15ClN4Si/c1-17(2,3)8-16-11(12)10(14-15-16)9-6-4-5-7-13-9/h4-7H,8H2,1-3H3. The molecule has 0 spiro atoms. The van der Waals surface area contributed by atoms with E-state index in [0.29, 0.717) is 10.8 Å². The molecule has 0 unspecified atom stereocenters. The second-order valence-electron chi connectivity index (χ2n) is 5.16. The molecule has 4 nitrogen and oxygen atoms in total. The highest BCUT2D eigenvalue weighted by Crippen LogP contribution is 2.24. The molecule has 0 saturated heterocycles. The third-order valence-electron chi connectivity index (χ3n) is 2.21. The Labute approximate surface area is 107 Å². The molecule has 0 amide bonds. The number of rotatable bonds is 3. The van der Waals surface area contributed by atoms with E-state index in [-0.39, 0.29) is 0 Å². The number of pyridine rings is 1. The summed E-state index contributed by atoms with van der Waals surface area (Å²) in [6, 6.07) is 5.66. The van der Waals surface area contributed by atoms with Crippen molar-refractivity contribution >= 4 is 19.7 Å². The largest absolute Gasteiger partial charge is 0.254 e. The molecule has 0 bridgehead atoms. The van der Waals surface area contributed by atoms with E-state index in [0.717, 1.165) is 11.9 Å². The first-order valence-electron chi connectivity index (χ1n) is 5.48. The molecule has 17 heavy (non-hydrogen) atoms. The summed E-state index contributed by atoms with van der Waals surface area (Å²) >= 11 is 6.29. The molecule has 0 aliphatic rings. The summed E-state index contributed by atoms with van der Waals surface area (Å²) in [5.74, 6) is 0. The van der Waals surface area contributed by atoms with Gasteiger partial charge in [0.1, 0.15) is 5.69 Å². The maximum atomic E-state index is 6.29. The van der Waals surface area contributed by atoms with Gasteiger partial charge in [-0.1, -0.05) is 42.5 Å². The van der Waals surface area contributed by atoms with Crippen LogP contribution in [0, 0.1) is 0 Å². The van der Waals surface area contributed by atoms with Crippen LogP contribution in [0.5, 0.6) is 0 Å². The fraction of sp³-hybridized carbons (Fsp3) is 0.364. The summed E-state index contributed by atoms with van der Waals surface area (Å²) in [6.45, 7) is 6.81. The Morgan fingerprint density at radius 2 is 2.06 bits per heavy atom. The molecule has 0 radical (unpaired) electrons. The van der Waals surface area contributed by atoms with Gasteiger partial charge in [0, 0.05) is 12.4 Å². The predicted molar refractivity (Wildman–Crippen MR) is 71.6 cm³/mol. The van der Waals surface area contributed by atoms with Crippen LogP contribution in [-0.2, 0) is 6.17 Å². The van der Waals surface area contributed by atoms with E-state index < -0.39 is 8.07 Å². The Hall–Kier alpha value is -1.20. The summed E-state index contributed by atoms with van der Waals surface area (Å²) in [5, 5.41) is 8.79. The fourth-order valence-corrected chi connectivity index (χ4v) is 2.96. The summed E-state index contributed by atoms with van der Waals surface area (Å²) in [4.78, 5) is 4.23. The van der Waals surface area contributed by atoms with Gasteiger partial charge in [0.2, 0.25) is 0 Å². The van der Waals surface area contributed by atoms with Gasteiger partial charge >= 0.3 is 0 Å². The molecule has 6 heteroatoms. The van der Waals surface area contributed by atoms with Crippen LogP contribution in [0.1, 0.15) is 0 Å². The van der Waals surface area contributed by atoms with Crippen LogP contribution >= 0.6 is 11.6 Å². The highest BCUT2D eigenvalue weighted by molar-refractivity contribution is 6.75. The first-order chi connectivity index (χ1) is 7.97. The summed E-state index contributed by atoms with van der Waals surface area (Å²) in [7, 11) is -1.26. The molecule has 90 valence electrons. The molecule has 0 N–H and O–H groups in total. The van der Waals surface area contributed by atoms with Gasteiger partial charge in [0.25, 0.3) is 0 Å². The van der Waals surface area contributed by atoms with Crippen molar-refractivity contribution in [2.45, 2.75) is 25.8 Å². The third kappa shape index (κ3) is 2.92. The quantitative estimate of drug-likeness (QED) is 0.803. The number of hydrogen-bond donors (Lipinski definition) is 0. The van der Waals surface area contributed by atoms with Crippen molar-refractivity contribution in [3.63, 3.8) is 0 Å². The van der Waals surface area contributed by atoms with Crippen LogP contribution in [0.15, 0.2) is 24.4 Å². The van der Waals surface area contributed by atoms with E-state index in [9.17, 15) is 0 Å². The van der Waals surface area contributed by atoms with E-state index >= 15 is 0 Å². The number of halogens is 1. The second-order valence-corrected chi connectivity index (χ2v) is 11.0. The van der Waals surface area contributed by atoms with Gasteiger partial charge in [-0.25, -0.2) is 4.68 Å². The average Bonchev–Trinajstić information content (AvgIpc) is 2.60. The van der Waals surface area contributed by atoms with E-state index in [1.165, 1.54) is 0 Å². The van der Waals surface area contributed by atoms with Crippen molar-refractivity contribution in [3.05, 3.63) is 29.5 Å². The molecule has 0 fully saturated rings. The van der Waals surface area contributed by atoms with E-state index in [1.807, 2.05) is 18.2 Å². The first-order valence-corrected chi connectivity index (χ1v) is 9.56. The third-order valence-corrected chi connectivity index (χ3v) is 3.83. The van der Waals surface area contributed by atoms with E-state index in [2.05, 4.69) is 34.9 Å². The van der Waals surface area contributed by atoms with Crippen LogP contribution < -0.4 is 0 Å². The maximum absolute atomic E-state index is 6.29. The summed E-state index contributed by atoms with van der Waals surface area (Å²) in [5.41, 5.74) is 1.42. The minimum Gasteiger partial charge on any atom is -0.254 e. The molecule has 2 aromatic rings. The van der Waals surface area contributed by atoms with Gasteiger partial charge < -0.3 is 0 Å². The van der Waals surface area contributed by atoms with Gasteiger partial charge in [-0.3, -0.25) is 4.98 Å². The summed E-state index contributed by atoms with van der Waals surface area (Å²) in [6.07, 6.45) is 2.59. The Kier molecular flexibility index (Phi) is 3.30. The van der Waals surface area contributed by atoms with Gasteiger partial charge in [-0.15, -0.1) is 5.10 Å². The zero-order chi connectivity index (χ0) is 12.5. The van der Waals surface area contributed by atoms with Gasteiger partial charge in [-0.05, 0) is 12.1 Å². The van der Waals surface area contributed by atoms with Crippen molar-refractivity contribution < 1.29 is 0 Å². The van der Waals surface area contributed by atoms with E-state index in [4.69, 9.17) is 11.6 Å². The predicted octanol–water partition coefficient (Wildman–Crippen LogP) is 2.87. The molecule has 0 saturated carbocycles. The molecule has 2 rings (SSSR count). The zero-order valence-electron chi connectivity index (χ0n) is 10.2. The Morgan fingerprint density at radius 1 is 1.29 bits per heavy atom. The molecule has 2 heterocycles. The molecular weight excluding hydrogens is 252 g/mol. The highest BCUT2D eigenvalue weighted by atomic mass is 35.5. The van der Waals surface area contributed by atoms with Crippen molar-refractivity contribution in [2.75, 3.05) is 0 Å². The smallest absolute Gasteiger partial charge is 0.156 e. The van der Waals surface area contributed by atoms with Crippen LogP contribution in [0.25, 0.3) is 11.4 Å². The minimum atomic E-state index is -1.26. The van der Waals surface area contributed by atoms with Gasteiger partial charge in [-0.2, -0.15) is 0 Å². The van der Waals surface area contributed by atoms with Crippen molar-refractivity contribution in [3.8, 4) is 11.4 Å². The maximum Gasteiger partial charge on any atom is 0.156 e. The van der Waals surface area contributed by atoms with Gasteiger partial charge in [0.05, 0.1) is 13.8 Å². The monoisotopic (exact) mass is 266 g/mol. The molecule has 0 aliphatic carbocycles. The first kappa shape index (κ1) is 12.3. The Morgan fingerprint density at radius 3 is 2.65 bits per heavy atom. The average molecular weight is 267 g/mol. The lowest BCUT2D eigenvalue weighted by Gasteiger charge is -2.15. The Balaban J connectivity index is 2.34. The Bertz CT molecular complexity index is 504. The van der Waals surface area contributed by atoms with Crippen LogP contribution in [0.3, 0.4) is 0 Å². The summed E-state index contributed by atoms with van der Waals surface area (Å²) < 4.78 is 1.78. The second kappa shape index (κ2) is 4.58. The minimum absolute atomic E-state index is 0.575. The van der Waals surface area contributed by atoms with Crippen LogP contribution in [0.4, 0.5) is 0 Å². The number of hydrogen-bond acceptors (Lipinski definition) is 3. The fourth-order valence-electron chi connectivity index (χ4n) is 1.51. The molecule has 0 atom stereocenters. The topological polar surface area (TPSA) is 43.6 Å². The van der Waals surface area contributed by atoms with Crippen molar-refractivity contribution in [1.82, 2.24) is 20.0 Å². The van der Waals surface area contributed by atoms with Crippen LogP contribution in [-0.4, -0.2) is 28.1 Å². The lowest BCUT2D eigenvalue weighted by Crippen LogP contribution is -2.28. The zero-order valence-corrected chi connectivity index (χ0v) is 11.9. The van der Waals surface area contributed by atoms with Crippen molar-refractivity contribution in [1.29, 1.82) is 0 Å². The van der Waals surface area contributed by atoms with Crippen LogP contribution in [0.2, 0.25) is 24.8 Å².